The van der Waals surface area contributed by atoms with Crippen LogP contribution in [0.15, 0.2) is 79.5 Å². The van der Waals surface area contributed by atoms with Gasteiger partial charge in [-0.3, -0.25) is 24.5 Å². The van der Waals surface area contributed by atoms with Gasteiger partial charge in [0.25, 0.3) is 18.1 Å². The van der Waals surface area contributed by atoms with E-state index in [1.54, 1.807) is 53.4 Å². The quantitative estimate of drug-likeness (QED) is 0.0206. The van der Waals surface area contributed by atoms with Crippen molar-refractivity contribution in [3.8, 4) is 6.07 Å². The Bertz CT molecular complexity index is 1870. The summed E-state index contributed by atoms with van der Waals surface area (Å²) in [7, 11) is 0. The van der Waals surface area contributed by atoms with Gasteiger partial charge in [0.05, 0.1) is 52.6 Å². The van der Waals surface area contributed by atoms with Gasteiger partial charge in [-0.15, -0.1) is 21.6 Å². The van der Waals surface area contributed by atoms with Gasteiger partial charge in [0.15, 0.2) is 0 Å². The first-order valence-corrected chi connectivity index (χ1v) is 19.4. The van der Waals surface area contributed by atoms with Crippen LogP contribution in [0, 0.1) is 21.4 Å². The summed E-state index contributed by atoms with van der Waals surface area (Å²) in [6.45, 7) is 3.75. The van der Waals surface area contributed by atoms with Gasteiger partial charge in [0.2, 0.25) is 11.1 Å². The monoisotopic (exact) mass is 1160 g/mol. The van der Waals surface area contributed by atoms with Crippen LogP contribution in [-0.4, -0.2) is 85.8 Å². The van der Waals surface area contributed by atoms with Gasteiger partial charge < -0.3 is 46.5 Å². The summed E-state index contributed by atoms with van der Waals surface area (Å²) in [5.74, 6) is -0.0635. The fraction of sp³-hybridized carbons (Fsp3) is 0.273. The van der Waals surface area contributed by atoms with Crippen molar-refractivity contribution < 1.29 is 173 Å². The molecule has 2 amide bonds. The Hall–Kier alpha value is -1.29. The fourth-order valence-electron chi connectivity index (χ4n) is 3.74. The predicted octanol–water partition coefficient (Wildman–Crippen LogP) is 0.184. The molecule has 2 aliphatic heterocycles. The summed E-state index contributed by atoms with van der Waals surface area (Å²) in [4.78, 5) is 53.4. The van der Waals surface area contributed by atoms with Gasteiger partial charge in [0, 0.05) is 44.9 Å². The Kier molecular flexibility index (Phi) is 43.2. The van der Waals surface area contributed by atoms with Crippen LogP contribution < -0.4 is 135 Å². The number of nitriles is 1. The Morgan fingerprint density at radius 1 is 1.05 bits per heavy atom. The molecule has 0 unspecified atom stereocenters. The Morgan fingerprint density at radius 2 is 1.63 bits per heavy atom. The summed E-state index contributed by atoms with van der Waals surface area (Å²) in [5, 5.41) is 45.5. The van der Waals surface area contributed by atoms with E-state index in [1.807, 2.05) is 0 Å². The predicted molar refractivity (Wildman–Crippen MR) is 227 cm³/mol. The maximum atomic E-state index is 11.7. The molecule has 2 heterocycles. The Balaban J connectivity index is -0.000000358. The van der Waals surface area contributed by atoms with E-state index < -0.39 is 4.92 Å². The number of morpholine rings is 1. The Labute approximate surface area is 476 Å². The molecule has 7 N–H and O–H groups in total. The van der Waals surface area contributed by atoms with Gasteiger partial charge in [-0.1, -0.05) is 0 Å². The molecule has 62 heavy (non-hydrogen) atoms. The first kappa shape index (κ1) is 65.0. The molecule has 1 saturated heterocycles. The molecule has 0 saturated carbocycles. The normalized spacial score (nSPS) is 11.7. The Morgan fingerprint density at radius 3 is 2.10 bits per heavy atom. The number of nitrogen functional groups attached to an aromatic ring is 1. The summed E-state index contributed by atoms with van der Waals surface area (Å²) in [5.41, 5.74) is 12.6. The molecule has 0 spiro atoms. The number of halogens is 5. The first-order chi connectivity index (χ1) is 28.7. The van der Waals surface area contributed by atoms with Crippen molar-refractivity contribution in [2.45, 2.75) is 6.92 Å². The van der Waals surface area contributed by atoms with Crippen molar-refractivity contribution in [1.29, 1.82) is 5.26 Å². The van der Waals surface area contributed by atoms with E-state index in [9.17, 15) is 19.7 Å². The number of nitro benzene ring substituents is 1. The molecule has 22 nitrogen and oxygen atoms in total. The average Bonchev–Trinajstić information content (AvgIpc) is 3.23. The number of anilines is 5. The number of nitrogens with two attached hydrogens (primary N) is 1. The zero-order chi connectivity index (χ0) is 45.3. The third-order valence-electron chi connectivity index (χ3n) is 6.09. The van der Waals surface area contributed by atoms with Crippen molar-refractivity contribution >= 4 is 123 Å². The number of carbonyl (C=O) groups is 3. The molecule has 29 heteroatoms. The minimum Gasteiger partial charge on any atom is -1.00 e. The van der Waals surface area contributed by atoms with Crippen molar-refractivity contribution in [3.63, 3.8) is 0 Å². The molecule has 0 radical (unpaired) electrons. The number of hydrogen-bond donors (Lipinski definition) is 6. The summed E-state index contributed by atoms with van der Waals surface area (Å²) < 4.78 is 21.8. The van der Waals surface area contributed by atoms with E-state index in [-0.39, 0.29) is 141 Å². The standard InChI is InChI=1S/C10H12BrClN2O4.C10H11BrN2O4.C6H5BrN2O2.C4H5ClO2.C2H3N.CH2O3.2K.H/c11-8-2-1-7(14-18-16)5-9(8)13-10(15)6-17-4-3-12;11-8-2-1-7(12-17-15)5-9(8)13-3-4-16-6-10(13)14;7-5-2-1-4(9(10)11)3-6(5)8;5-4-3-6-1-2-7-4;1-2-3;2-1-4-3;;;/h1-2,5,14,16H,3-4,6H2,(H,13,15);1-2,5,12,15H,3-4,6H2;1-3H,8H2;3H,1-2H2;1H3;1,3H;;;/q;;;;;;2*+1;-1/p-1. The second kappa shape index (κ2) is 41.2. The molecule has 3 aromatic carbocycles. The molecular weight excluding hydrogens is 1120 g/mol. The van der Waals surface area contributed by atoms with Crippen LogP contribution in [0.2, 0.25) is 0 Å². The summed E-state index contributed by atoms with van der Waals surface area (Å²) in [6.07, 6.45) is 1.39. The van der Waals surface area contributed by atoms with E-state index in [0.29, 0.717) is 81.5 Å². The third-order valence-corrected chi connectivity index (χ3v) is 8.53. The van der Waals surface area contributed by atoms with Crippen LogP contribution in [0.3, 0.4) is 0 Å². The van der Waals surface area contributed by atoms with Crippen molar-refractivity contribution in [1.82, 2.24) is 0 Å². The van der Waals surface area contributed by atoms with Gasteiger partial charge in [0.1, 0.15) is 32.7 Å². The second-order valence-corrected chi connectivity index (χ2v) is 13.5. The number of amides is 2. The number of alkyl halides is 1. The van der Waals surface area contributed by atoms with Crippen LogP contribution in [0.5, 0.6) is 0 Å². The number of nitro groups is 1. The second-order valence-electron chi connectivity index (χ2n) is 10.2. The molecule has 0 aliphatic carbocycles. The van der Waals surface area contributed by atoms with Gasteiger partial charge in [-0.2, -0.15) is 5.26 Å². The molecular formula is C33H38Br3Cl2K2N7O15. The molecule has 1 fully saturated rings. The van der Waals surface area contributed by atoms with Crippen LogP contribution in [0.4, 0.5) is 34.1 Å². The number of hydrogen-bond acceptors (Lipinski definition) is 19. The number of nitrogens with one attached hydrogen (secondary N) is 3. The maximum absolute atomic E-state index is 11.7. The van der Waals surface area contributed by atoms with E-state index in [4.69, 9.17) is 73.7 Å². The van der Waals surface area contributed by atoms with Crippen LogP contribution in [-0.2, 0) is 48.2 Å². The van der Waals surface area contributed by atoms with Gasteiger partial charge in [-0.25, -0.2) is 21.5 Å². The average molecular weight is 1160 g/mol. The number of rotatable bonds is 12. The van der Waals surface area contributed by atoms with Crippen LogP contribution >= 0.6 is 71.0 Å². The minimum absolute atomic E-state index is 0. The van der Waals surface area contributed by atoms with Gasteiger partial charge >= 0.3 is 103 Å². The molecule has 332 valence electrons. The molecule has 3 aromatic rings. The first-order valence-electron chi connectivity index (χ1n) is 16.1. The third kappa shape index (κ3) is 30.0. The van der Waals surface area contributed by atoms with Crippen LogP contribution in [0.1, 0.15) is 8.35 Å². The van der Waals surface area contributed by atoms with E-state index in [0.717, 1.165) is 4.47 Å². The summed E-state index contributed by atoms with van der Waals surface area (Å²) >= 11 is 20.5. The zero-order valence-corrected chi connectivity index (χ0v) is 45.5. The summed E-state index contributed by atoms with van der Waals surface area (Å²) in [6, 6.07) is 16.1. The van der Waals surface area contributed by atoms with E-state index >= 15 is 0 Å². The fourth-order valence-corrected chi connectivity index (χ4v) is 5.04. The number of non-ortho nitro benzene ring substituents is 1. The maximum Gasteiger partial charge on any atom is 1.00 e. The van der Waals surface area contributed by atoms with Crippen molar-refractivity contribution in [2.24, 2.45) is 0 Å². The van der Waals surface area contributed by atoms with E-state index in [2.05, 4.69) is 78.9 Å². The molecule has 5 rings (SSSR count). The van der Waals surface area contributed by atoms with Crippen molar-refractivity contribution in [3.05, 3.63) is 89.6 Å². The van der Waals surface area contributed by atoms with Gasteiger partial charge in [-0.05, 0) is 102 Å². The largest absolute Gasteiger partial charge is 1.00 e. The molecule has 0 aromatic heterocycles. The zero-order valence-electron chi connectivity index (χ0n) is 34.0. The number of carbonyl (C=O) groups excluding carboxylic acids is 3. The topological polar surface area (TPSA) is 312 Å². The SMILES string of the molecule is CC#N.ClC1=COCCO1.Nc1cc([N+](=O)[O-])ccc1Br.O=C(COCCCl)Nc1cc(NOO)ccc1Br.O=C1COCCN1c1cc(NOO)ccc1Br.O=CO[O-].[H-].[K+].[K+]. The number of ether oxygens (including phenoxy) is 4. The van der Waals surface area contributed by atoms with Crippen LogP contribution in [0.25, 0.3) is 0 Å². The smallest absolute Gasteiger partial charge is 1.00 e. The minimum atomic E-state index is -0.483. The molecule has 0 bridgehead atoms. The molecule has 2 aliphatic rings. The molecule has 0 atom stereocenters. The van der Waals surface area contributed by atoms with Crippen molar-refractivity contribution in [2.75, 3.05) is 79.0 Å². The number of nitrogens with zero attached hydrogens (tertiary/aromatic N) is 3. The van der Waals surface area contributed by atoms with E-state index in [1.165, 1.54) is 25.3 Å². The number of benzene rings is 3.